The topological polar surface area (TPSA) is 38.3 Å². The van der Waals surface area contributed by atoms with Crippen LogP contribution in [-0.4, -0.2) is 25.7 Å². The molecule has 1 N–H and O–H groups in total. The molecule has 1 heterocycles. The summed E-state index contributed by atoms with van der Waals surface area (Å²) in [6.07, 6.45) is 12.9. The third-order valence-corrected chi connectivity index (χ3v) is 4.60. The van der Waals surface area contributed by atoms with Gasteiger partial charge in [0.15, 0.2) is 0 Å². The Morgan fingerprint density at radius 2 is 1.83 bits per heavy atom. The molecule has 0 radical (unpaired) electrons. The van der Waals surface area contributed by atoms with Crippen molar-refractivity contribution in [2.45, 2.75) is 51.4 Å². The molecule has 0 aliphatic carbocycles. The van der Waals surface area contributed by atoms with E-state index in [0.29, 0.717) is 5.92 Å². The molecule has 1 amide bonds. The molecule has 0 unspecified atom stereocenters. The molecule has 0 bridgehead atoms. The number of carbonyl (C=O) groups is 1. The predicted molar refractivity (Wildman–Crippen MR) is 98.9 cm³/mol. The van der Waals surface area contributed by atoms with Crippen LogP contribution in [0, 0.1) is 5.92 Å². The molecule has 1 aliphatic heterocycles. The van der Waals surface area contributed by atoms with E-state index in [1.807, 2.05) is 6.08 Å². The van der Waals surface area contributed by atoms with Gasteiger partial charge in [0, 0.05) is 19.8 Å². The molecule has 132 valence electrons. The van der Waals surface area contributed by atoms with Crippen molar-refractivity contribution in [3.05, 3.63) is 48.0 Å². The molecule has 1 aromatic carbocycles. The number of unbranched alkanes of at least 4 members (excludes halogenated alkanes) is 4. The highest BCUT2D eigenvalue weighted by Crippen LogP contribution is 2.13. The first-order valence-electron chi connectivity index (χ1n) is 9.40. The average Bonchev–Trinajstić information content (AvgIpc) is 2.64. The fraction of sp³-hybridized carbons (Fsp3) is 0.571. The Bertz CT molecular complexity index is 478. The molecule has 24 heavy (non-hydrogen) atoms. The van der Waals surface area contributed by atoms with Gasteiger partial charge in [-0.15, -0.1) is 0 Å². The first-order chi connectivity index (χ1) is 11.8. The van der Waals surface area contributed by atoms with E-state index in [4.69, 9.17) is 4.74 Å². The minimum Gasteiger partial charge on any atom is -0.381 e. The fourth-order valence-corrected chi connectivity index (χ4v) is 3.03. The van der Waals surface area contributed by atoms with Gasteiger partial charge in [-0.25, -0.2) is 0 Å². The summed E-state index contributed by atoms with van der Waals surface area (Å²) in [4.78, 5) is 11.7. The van der Waals surface area contributed by atoms with E-state index in [1.165, 1.54) is 37.7 Å². The predicted octanol–water partition coefficient (Wildman–Crippen LogP) is 4.28. The van der Waals surface area contributed by atoms with Crippen LogP contribution in [0.2, 0.25) is 0 Å². The number of allylic oxidation sites excluding steroid dienone is 1. The van der Waals surface area contributed by atoms with Gasteiger partial charge in [-0.05, 0) is 56.1 Å². The van der Waals surface area contributed by atoms with Crippen LogP contribution in [0.3, 0.4) is 0 Å². The molecular formula is C21H31NO2. The molecule has 3 nitrogen and oxygen atoms in total. The van der Waals surface area contributed by atoms with Crippen LogP contribution in [0.15, 0.2) is 42.5 Å². The first-order valence-corrected chi connectivity index (χ1v) is 9.40. The van der Waals surface area contributed by atoms with Crippen molar-refractivity contribution >= 4 is 5.91 Å². The van der Waals surface area contributed by atoms with E-state index in [2.05, 4.69) is 35.6 Å². The number of rotatable bonds is 10. The molecular weight excluding hydrogens is 298 g/mol. The molecule has 1 fully saturated rings. The second kappa shape index (κ2) is 11.9. The summed E-state index contributed by atoms with van der Waals surface area (Å²) in [7, 11) is 0. The lowest BCUT2D eigenvalue weighted by molar-refractivity contribution is -0.116. The molecule has 0 spiro atoms. The summed E-state index contributed by atoms with van der Waals surface area (Å²) in [5.41, 5.74) is 1.43. The Morgan fingerprint density at radius 3 is 2.62 bits per heavy atom. The maximum Gasteiger partial charge on any atom is 0.243 e. The Labute approximate surface area is 146 Å². The van der Waals surface area contributed by atoms with E-state index in [1.54, 1.807) is 6.08 Å². The molecule has 0 saturated carbocycles. The molecule has 0 atom stereocenters. The van der Waals surface area contributed by atoms with Crippen LogP contribution in [0.4, 0.5) is 0 Å². The number of hydrogen-bond acceptors (Lipinski definition) is 2. The summed E-state index contributed by atoms with van der Waals surface area (Å²) in [6.45, 7) is 2.45. The summed E-state index contributed by atoms with van der Waals surface area (Å²) >= 11 is 0. The summed E-state index contributed by atoms with van der Waals surface area (Å²) in [6, 6.07) is 10.7. The lowest BCUT2D eigenvalue weighted by atomic mass is 10.0. The van der Waals surface area contributed by atoms with Crippen molar-refractivity contribution in [3.8, 4) is 0 Å². The smallest absolute Gasteiger partial charge is 0.243 e. The minimum absolute atomic E-state index is 0.0468. The van der Waals surface area contributed by atoms with Crippen LogP contribution in [0.25, 0.3) is 0 Å². The quantitative estimate of drug-likeness (QED) is 0.514. The van der Waals surface area contributed by atoms with E-state index in [9.17, 15) is 4.79 Å². The number of nitrogens with one attached hydrogen (secondary N) is 1. The molecule has 0 aromatic heterocycles. The van der Waals surface area contributed by atoms with Crippen molar-refractivity contribution in [1.82, 2.24) is 5.32 Å². The Kier molecular flexibility index (Phi) is 9.25. The molecule has 1 aliphatic rings. The van der Waals surface area contributed by atoms with Crippen LogP contribution in [0.1, 0.15) is 50.5 Å². The highest BCUT2D eigenvalue weighted by molar-refractivity contribution is 5.87. The zero-order chi connectivity index (χ0) is 16.9. The van der Waals surface area contributed by atoms with Gasteiger partial charge in [0.25, 0.3) is 0 Å². The summed E-state index contributed by atoms with van der Waals surface area (Å²) in [5.74, 6) is 0.631. The van der Waals surface area contributed by atoms with Gasteiger partial charge in [0.05, 0.1) is 0 Å². The monoisotopic (exact) mass is 329 g/mol. The fourth-order valence-electron chi connectivity index (χ4n) is 3.03. The molecule has 3 heteroatoms. The Morgan fingerprint density at radius 1 is 1.08 bits per heavy atom. The zero-order valence-corrected chi connectivity index (χ0v) is 14.7. The first kappa shape index (κ1) is 18.7. The van der Waals surface area contributed by atoms with E-state index >= 15 is 0 Å². The zero-order valence-electron chi connectivity index (χ0n) is 14.7. The normalized spacial score (nSPS) is 15.7. The van der Waals surface area contributed by atoms with Crippen molar-refractivity contribution in [3.63, 3.8) is 0 Å². The second-order valence-corrected chi connectivity index (χ2v) is 6.64. The minimum atomic E-state index is 0.0468. The lowest BCUT2D eigenvalue weighted by Crippen LogP contribution is -2.31. The van der Waals surface area contributed by atoms with Gasteiger partial charge in [-0.3, -0.25) is 4.79 Å². The van der Waals surface area contributed by atoms with Crippen molar-refractivity contribution in [2.75, 3.05) is 19.8 Å². The van der Waals surface area contributed by atoms with Crippen molar-refractivity contribution in [2.24, 2.45) is 5.92 Å². The van der Waals surface area contributed by atoms with Crippen LogP contribution >= 0.6 is 0 Å². The van der Waals surface area contributed by atoms with Crippen LogP contribution < -0.4 is 5.32 Å². The SMILES string of the molecule is O=C(C=CCCCCCCc1ccccc1)NCC1CCOCC1. The molecule has 2 rings (SSSR count). The van der Waals surface area contributed by atoms with Gasteiger partial charge in [0.2, 0.25) is 5.91 Å². The van der Waals surface area contributed by atoms with Crippen LogP contribution in [-0.2, 0) is 16.0 Å². The number of aryl methyl sites for hydroxylation is 1. The van der Waals surface area contributed by atoms with Gasteiger partial charge in [-0.1, -0.05) is 49.2 Å². The summed E-state index contributed by atoms with van der Waals surface area (Å²) in [5, 5.41) is 3.00. The third-order valence-electron chi connectivity index (χ3n) is 4.60. The number of carbonyl (C=O) groups excluding carboxylic acids is 1. The molecule has 1 saturated heterocycles. The number of hydrogen-bond donors (Lipinski definition) is 1. The number of amides is 1. The second-order valence-electron chi connectivity index (χ2n) is 6.64. The third kappa shape index (κ3) is 8.30. The van der Waals surface area contributed by atoms with E-state index in [-0.39, 0.29) is 5.91 Å². The van der Waals surface area contributed by atoms with Crippen molar-refractivity contribution < 1.29 is 9.53 Å². The van der Waals surface area contributed by atoms with Crippen LogP contribution in [0.5, 0.6) is 0 Å². The maximum absolute atomic E-state index is 11.7. The summed E-state index contributed by atoms with van der Waals surface area (Å²) < 4.78 is 5.32. The highest BCUT2D eigenvalue weighted by Gasteiger charge is 2.13. The van der Waals surface area contributed by atoms with E-state index in [0.717, 1.165) is 39.0 Å². The average molecular weight is 329 g/mol. The van der Waals surface area contributed by atoms with Crippen molar-refractivity contribution in [1.29, 1.82) is 0 Å². The lowest BCUT2D eigenvalue weighted by Gasteiger charge is -2.21. The van der Waals surface area contributed by atoms with E-state index < -0.39 is 0 Å². The Balaban J connectivity index is 1.43. The van der Waals surface area contributed by atoms with Gasteiger partial charge >= 0.3 is 0 Å². The van der Waals surface area contributed by atoms with Gasteiger partial charge < -0.3 is 10.1 Å². The Hall–Kier alpha value is -1.61. The standard InChI is InChI=1S/C21H31NO2/c23-21(22-18-20-14-16-24-17-15-20)13-9-4-2-1-3-6-10-19-11-7-5-8-12-19/h5,7-9,11-13,20H,1-4,6,10,14-18H2,(H,22,23). The van der Waals surface area contributed by atoms with Gasteiger partial charge in [0.1, 0.15) is 0 Å². The number of ether oxygens (including phenoxy) is 1. The number of benzene rings is 1. The maximum atomic E-state index is 11.7. The van der Waals surface area contributed by atoms with Gasteiger partial charge in [-0.2, -0.15) is 0 Å². The highest BCUT2D eigenvalue weighted by atomic mass is 16.5. The molecule has 1 aromatic rings. The largest absolute Gasteiger partial charge is 0.381 e.